The molecule has 1 aliphatic rings. The molecule has 0 aliphatic carbocycles. The molecule has 0 spiro atoms. The number of para-hydroxylation sites is 1. The van der Waals surface area contributed by atoms with Crippen LogP contribution in [-0.2, 0) is 4.79 Å². The number of likely N-dealkylation sites (tertiary alicyclic amines) is 1. The van der Waals surface area contributed by atoms with E-state index in [2.05, 4.69) is 10.4 Å². The number of rotatable bonds is 3. The lowest BCUT2D eigenvalue weighted by atomic mass is 9.99. The number of benzene rings is 2. The third-order valence-corrected chi connectivity index (χ3v) is 4.95. The van der Waals surface area contributed by atoms with Crippen LogP contribution in [0.15, 0.2) is 54.7 Å². The first kappa shape index (κ1) is 18.0. The lowest BCUT2D eigenvalue weighted by Crippen LogP contribution is -2.56. The first-order chi connectivity index (χ1) is 13.5. The van der Waals surface area contributed by atoms with Crippen LogP contribution in [0.5, 0.6) is 0 Å². The van der Waals surface area contributed by atoms with Crippen LogP contribution in [0.2, 0.25) is 0 Å². The number of urea groups is 1. The predicted octanol–water partition coefficient (Wildman–Crippen LogP) is 2.47. The van der Waals surface area contributed by atoms with Crippen LogP contribution in [0.1, 0.15) is 12.8 Å². The molecule has 8 nitrogen and oxygen atoms in total. The molecule has 2 atom stereocenters. The van der Waals surface area contributed by atoms with Gasteiger partial charge in [0.05, 0.1) is 23.5 Å². The minimum absolute atomic E-state index is 0.289. The summed E-state index contributed by atoms with van der Waals surface area (Å²) in [5, 5.41) is 27.4. The Kier molecular flexibility index (Phi) is 4.70. The zero-order valence-corrected chi connectivity index (χ0v) is 15.0. The minimum Gasteiger partial charge on any atom is -0.480 e. The molecule has 8 heteroatoms. The van der Waals surface area contributed by atoms with Gasteiger partial charge in [0, 0.05) is 17.6 Å². The van der Waals surface area contributed by atoms with Gasteiger partial charge in [-0.3, -0.25) is 0 Å². The summed E-state index contributed by atoms with van der Waals surface area (Å²) in [5.74, 6) is -1.21. The molecule has 1 aliphatic heterocycles. The Morgan fingerprint density at radius 3 is 2.61 bits per heavy atom. The zero-order chi connectivity index (χ0) is 19.7. The van der Waals surface area contributed by atoms with E-state index in [0.29, 0.717) is 18.5 Å². The van der Waals surface area contributed by atoms with Gasteiger partial charge in [0.1, 0.15) is 0 Å². The molecule has 144 valence electrons. The third-order valence-electron chi connectivity index (χ3n) is 4.95. The van der Waals surface area contributed by atoms with Crippen LogP contribution in [0.4, 0.5) is 10.5 Å². The number of aliphatic hydroxyl groups is 1. The van der Waals surface area contributed by atoms with E-state index in [1.165, 1.54) is 4.90 Å². The number of hydrogen-bond acceptors (Lipinski definition) is 4. The number of anilines is 1. The van der Waals surface area contributed by atoms with E-state index >= 15 is 0 Å². The van der Waals surface area contributed by atoms with Gasteiger partial charge in [-0.25, -0.2) is 14.3 Å². The monoisotopic (exact) mass is 380 g/mol. The van der Waals surface area contributed by atoms with Crippen molar-refractivity contribution in [2.75, 3.05) is 11.9 Å². The fourth-order valence-corrected chi connectivity index (χ4v) is 3.56. The van der Waals surface area contributed by atoms with Gasteiger partial charge in [0.15, 0.2) is 6.04 Å². The number of carboxylic acids is 1. The van der Waals surface area contributed by atoms with Crippen molar-refractivity contribution in [2.24, 2.45) is 0 Å². The molecule has 4 rings (SSSR count). The number of hydrogen-bond donors (Lipinski definition) is 3. The molecular formula is C20H20N4O4. The van der Waals surface area contributed by atoms with Crippen molar-refractivity contribution >= 4 is 28.6 Å². The average molecular weight is 380 g/mol. The molecule has 0 saturated carbocycles. The number of carboxylic acid groups (broad SMARTS) is 1. The molecular weight excluding hydrogens is 360 g/mol. The topological polar surface area (TPSA) is 108 Å². The van der Waals surface area contributed by atoms with E-state index in [1.54, 1.807) is 18.3 Å². The Labute approximate surface area is 161 Å². The minimum atomic E-state index is -1.23. The van der Waals surface area contributed by atoms with Crippen molar-refractivity contribution in [3.05, 3.63) is 54.7 Å². The maximum atomic E-state index is 12.5. The smallest absolute Gasteiger partial charge is 0.329 e. The molecule has 3 aromatic rings. The van der Waals surface area contributed by atoms with E-state index in [0.717, 1.165) is 16.6 Å². The van der Waals surface area contributed by atoms with Crippen molar-refractivity contribution in [3.63, 3.8) is 0 Å². The Balaban J connectivity index is 1.51. The summed E-state index contributed by atoms with van der Waals surface area (Å²) in [6.45, 7) is 0.289. The highest BCUT2D eigenvalue weighted by molar-refractivity contribution is 5.92. The van der Waals surface area contributed by atoms with Gasteiger partial charge in [-0.05, 0) is 43.2 Å². The van der Waals surface area contributed by atoms with Crippen LogP contribution < -0.4 is 5.32 Å². The molecule has 3 N–H and O–H groups in total. The molecule has 1 fully saturated rings. The highest BCUT2D eigenvalue weighted by Crippen LogP contribution is 2.22. The van der Waals surface area contributed by atoms with Crippen LogP contribution in [-0.4, -0.2) is 55.6 Å². The summed E-state index contributed by atoms with van der Waals surface area (Å²) in [7, 11) is 0. The van der Waals surface area contributed by atoms with Crippen molar-refractivity contribution in [2.45, 2.75) is 25.0 Å². The largest absolute Gasteiger partial charge is 0.480 e. The summed E-state index contributed by atoms with van der Waals surface area (Å²) in [6, 6.07) is 13.2. The van der Waals surface area contributed by atoms with E-state index in [9.17, 15) is 19.8 Å². The van der Waals surface area contributed by atoms with Gasteiger partial charge in [-0.15, -0.1) is 0 Å². The Hall–Kier alpha value is -3.39. The molecule has 2 heterocycles. The van der Waals surface area contributed by atoms with Crippen LogP contribution in [0.25, 0.3) is 16.6 Å². The third kappa shape index (κ3) is 3.29. The lowest BCUT2D eigenvalue weighted by molar-refractivity contribution is -0.147. The number of carbonyl (C=O) groups is 2. The van der Waals surface area contributed by atoms with Crippen molar-refractivity contribution < 1.29 is 19.8 Å². The molecule has 0 bridgehead atoms. The highest BCUT2D eigenvalue weighted by atomic mass is 16.4. The van der Waals surface area contributed by atoms with Crippen molar-refractivity contribution in [1.82, 2.24) is 14.7 Å². The summed E-state index contributed by atoms with van der Waals surface area (Å²) < 4.78 is 1.81. The zero-order valence-electron chi connectivity index (χ0n) is 15.0. The molecule has 2 amide bonds. The summed E-state index contributed by atoms with van der Waals surface area (Å²) in [6.07, 6.45) is 1.66. The van der Waals surface area contributed by atoms with Gasteiger partial charge in [0.25, 0.3) is 0 Å². The second-order valence-corrected chi connectivity index (χ2v) is 6.78. The van der Waals surface area contributed by atoms with Gasteiger partial charge < -0.3 is 20.4 Å². The van der Waals surface area contributed by atoms with Gasteiger partial charge in [-0.2, -0.15) is 5.10 Å². The predicted molar refractivity (Wildman–Crippen MR) is 103 cm³/mol. The van der Waals surface area contributed by atoms with Crippen molar-refractivity contribution in [1.29, 1.82) is 0 Å². The average Bonchev–Trinajstić information content (AvgIpc) is 3.12. The number of nitrogens with zero attached hydrogens (tertiary/aromatic N) is 3. The second-order valence-electron chi connectivity index (χ2n) is 6.78. The second kappa shape index (κ2) is 7.32. The van der Waals surface area contributed by atoms with Gasteiger partial charge in [-0.1, -0.05) is 18.2 Å². The van der Waals surface area contributed by atoms with E-state index in [-0.39, 0.29) is 6.54 Å². The number of aliphatic carboxylic acids is 1. The molecule has 0 radical (unpaired) electrons. The molecule has 1 saturated heterocycles. The quantitative estimate of drug-likeness (QED) is 0.647. The number of fused-ring (bicyclic) bond motifs is 1. The highest BCUT2D eigenvalue weighted by Gasteiger charge is 2.38. The number of aliphatic hydroxyl groups excluding tert-OH is 1. The molecule has 2 unspecified atom stereocenters. The maximum Gasteiger partial charge on any atom is 0.329 e. The first-order valence-corrected chi connectivity index (χ1v) is 9.06. The van der Waals surface area contributed by atoms with Crippen LogP contribution >= 0.6 is 0 Å². The van der Waals surface area contributed by atoms with Gasteiger partial charge >= 0.3 is 12.0 Å². The van der Waals surface area contributed by atoms with Crippen LogP contribution in [0, 0.1) is 0 Å². The molecule has 1 aromatic heterocycles. The standard InChI is InChI=1S/C20H20N4O4/c25-17-6-3-11-23(18(17)19(26)27)20(28)22-14-7-9-15(10-8-14)24-16-5-2-1-4-13(16)12-21-24/h1-2,4-5,7-10,12,17-18,25H,3,6,11H2,(H,22,28)(H,26,27). The summed E-state index contributed by atoms with van der Waals surface area (Å²) in [5.41, 5.74) is 2.36. The summed E-state index contributed by atoms with van der Waals surface area (Å²) in [4.78, 5) is 25.1. The SMILES string of the molecule is O=C(O)C1C(O)CCCN1C(=O)Nc1ccc(-n2ncc3ccccc32)cc1. The normalized spacial score (nSPS) is 19.5. The summed E-state index contributed by atoms with van der Waals surface area (Å²) >= 11 is 0. The Morgan fingerprint density at radius 2 is 1.86 bits per heavy atom. The number of nitrogens with one attached hydrogen (secondary N) is 1. The Morgan fingerprint density at radius 1 is 1.11 bits per heavy atom. The molecule has 2 aromatic carbocycles. The maximum absolute atomic E-state index is 12.5. The van der Waals surface area contributed by atoms with E-state index in [4.69, 9.17) is 0 Å². The molecule has 28 heavy (non-hydrogen) atoms. The van der Waals surface area contributed by atoms with E-state index in [1.807, 2.05) is 41.1 Å². The number of carbonyl (C=O) groups excluding carboxylic acids is 1. The van der Waals surface area contributed by atoms with Crippen molar-refractivity contribution in [3.8, 4) is 5.69 Å². The Bertz CT molecular complexity index is 1010. The fourth-order valence-electron chi connectivity index (χ4n) is 3.56. The number of piperidine rings is 1. The van der Waals surface area contributed by atoms with Crippen LogP contribution in [0.3, 0.4) is 0 Å². The van der Waals surface area contributed by atoms with Gasteiger partial charge in [0.2, 0.25) is 0 Å². The van der Waals surface area contributed by atoms with E-state index < -0.39 is 24.1 Å². The number of aromatic nitrogens is 2. The first-order valence-electron chi connectivity index (χ1n) is 9.06. The fraction of sp³-hybridized carbons (Fsp3) is 0.250. The number of amides is 2. The lowest BCUT2D eigenvalue weighted by Gasteiger charge is -2.36.